The number of carbonyl (C=O) groups is 1. The number of aryl methyl sites for hydroxylation is 2. The summed E-state index contributed by atoms with van der Waals surface area (Å²) in [5.74, 6) is -0.326. The van der Waals surface area contributed by atoms with Crippen molar-refractivity contribution in [2.24, 2.45) is 0 Å². The fourth-order valence-corrected chi connectivity index (χ4v) is 3.30. The Morgan fingerprint density at radius 2 is 1.79 bits per heavy atom. The lowest BCUT2D eigenvalue weighted by Crippen LogP contribution is -2.38. The van der Waals surface area contributed by atoms with Crippen molar-refractivity contribution in [3.63, 3.8) is 0 Å². The minimum absolute atomic E-state index is 0.191. The van der Waals surface area contributed by atoms with Gasteiger partial charge in [0.25, 0.3) is 0 Å². The van der Waals surface area contributed by atoms with E-state index in [1.807, 2.05) is 32.0 Å². The normalized spacial score (nSPS) is 11.7. The Balaban J connectivity index is 2.86. The van der Waals surface area contributed by atoms with Gasteiger partial charge in [0.15, 0.2) is 0 Å². The van der Waals surface area contributed by atoms with Crippen LogP contribution < -0.4 is 5.32 Å². The minimum Gasteiger partial charge on any atom is -0.385 e. The van der Waals surface area contributed by atoms with Gasteiger partial charge in [0.1, 0.15) is 0 Å². The highest BCUT2D eigenvalue weighted by molar-refractivity contribution is 7.88. The molecule has 0 aliphatic rings. The lowest BCUT2D eigenvalue weighted by molar-refractivity contribution is -0.116. The molecule has 6 nitrogen and oxygen atoms in total. The Bertz CT molecular complexity index is 622. The Morgan fingerprint density at radius 3 is 2.25 bits per heavy atom. The predicted molar refractivity (Wildman–Crippen MR) is 96.7 cm³/mol. The van der Waals surface area contributed by atoms with E-state index in [4.69, 9.17) is 4.74 Å². The number of para-hydroxylation sites is 1. The molecule has 136 valence electrons. The number of ether oxygens (including phenoxy) is 1. The molecule has 0 aromatic heterocycles. The van der Waals surface area contributed by atoms with E-state index in [1.54, 1.807) is 7.11 Å². The fourth-order valence-electron chi connectivity index (χ4n) is 2.49. The lowest BCUT2D eigenvalue weighted by atomic mass is 10.0. The van der Waals surface area contributed by atoms with Crippen LogP contribution in [0, 0.1) is 0 Å². The highest BCUT2D eigenvalue weighted by atomic mass is 32.2. The van der Waals surface area contributed by atoms with Gasteiger partial charge in [-0.15, -0.1) is 0 Å². The largest absolute Gasteiger partial charge is 0.385 e. The Hall–Kier alpha value is -1.44. The van der Waals surface area contributed by atoms with Crippen LogP contribution in [0.25, 0.3) is 0 Å². The van der Waals surface area contributed by atoms with Crippen molar-refractivity contribution in [2.75, 3.05) is 38.4 Å². The van der Waals surface area contributed by atoms with Crippen LogP contribution in [-0.2, 0) is 32.4 Å². The maximum atomic E-state index is 12.4. The molecule has 0 unspecified atom stereocenters. The van der Waals surface area contributed by atoms with Gasteiger partial charge in [-0.1, -0.05) is 32.0 Å². The van der Waals surface area contributed by atoms with Gasteiger partial charge in [-0.25, -0.2) is 8.42 Å². The van der Waals surface area contributed by atoms with Crippen molar-refractivity contribution in [1.82, 2.24) is 4.31 Å². The van der Waals surface area contributed by atoms with Crippen molar-refractivity contribution in [3.05, 3.63) is 29.3 Å². The van der Waals surface area contributed by atoms with Crippen LogP contribution in [0.2, 0.25) is 0 Å². The second-order valence-electron chi connectivity index (χ2n) is 5.65. The first-order valence-electron chi connectivity index (χ1n) is 8.18. The summed E-state index contributed by atoms with van der Waals surface area (Å²) in [6, 6.07) is 5.92. The van der Waals surface area contributed by atoms with E-state index >= 15 is 0 Å². The van der Waals surface area contributed by atoms with Gasteiger partial charge in [0.05, 0.1) is 12.8 Å². The zero-order valence-corrected chi connectivity index (χ0v) is 15.8. The number of benzene rings is 1. The number of nitrogens with one attached hydrogen (secondary N) is 1. The Labute approximate surface area is 145 Å². The summed E-state index contributed by atoms with van der Waals surface area (Å²) >= 11 is 0. The molecule has 1 amide bonds. The van der Waals surface area contributed by atoms with E-state index in [0.29, 0.717) is 13.0 Å². The monoisotopic (exact) mass is 356 g/mol. The van der Waals surface area contributed by atoms with E-state index in [0.717, 1.165) is 35.9 Å². The summed E-state index contributed by atoms with van der Waals surface area (Å²) in [6.45, 7) is 4.57. The third-order valence-corrected chi connectivity index (χ3v) is 5.06. The van der Waals surface area contributed by atoms with E-state index in [2.05, 4.69) is 5.32 Å². The second-order valence-corrected chi connectivity index (χ2v) is 7.63. The summed E-state index contributed by atoms with van der Waals surface area (Å²) in [5.41, 5.74) is 2.90. The first-order chi connectivity index (χ1) is 11.3. The zero-order valence-electron chi connectivity index (χ0n) is 15.0. The molecular weight excluding hydrogens is 328 g/mol. The van der Waals surface area contributed by atoms with Gasteiger partial charge in [-0.2, -0.15) is 4.31 Å². The van der Waals surface area contributed by atoms with Crippen LogP contribution in [0.4, 0.5) is 5.69 Å². The molecule has 0 bridgehead atoms. The summed E-state index contributed by atoms with van der Waals surface area (Å²) in [5, 5.41) is 2.90. The van der Waals surface area contributed by atoms with Crippen molar-refractivity contribution >= 4 is 21.6 Å². The third-order valence-electron chi connectivity index (χ3n) is 3.81. The molecule has 1 aromatic carbocycles. The van der Waals surface area contributed by atoms with Gasteiger partial charge in [0, 0.05) is 25.9 Å². The smallest absolute Gasteiger partial charge is 0.239 e. The van der Waals surface area contributed by atoms with Gasteiger partial charge in [-0.3, -0.25) is 4.79 Å². The fraction of sp³-hybridized carbons (Fsp3) is 0.588. The van der Waals surface area contributed by atoms with Crippen LogP contribution in [0.1, 0.15) is 31.4 Å². The molecule has 0 aliphatic carbocycles. The standard InChI is InChI=1S/C17H28N2O4S/c1-5-14-9-7-10-15(6-2)17(14)18-16(20)13-19(24(4,21)22)11-8-12-23-3/h7,9-10H,5-6,8,11-13H2,1-4H3,(H,18,20). The first-order valence-corrected chi connectivity index (χ1v) is 10.0. The molecule has 0 fully saturated rings. The molecule has 1 aromatic rings. The van der Waals surface area contributed by atoms with E-state index < -0.39 is 10.0 Å². The molecule has 1 N–H and O–H groups in total. The van der Waals surface area contributed by atoms with Gasteiger partial charge >= 0.3 is 0 Å². The molecule has 0 saturated heterocycles. The first kappa shape index (κ1) is 20.6. The molecule has 0 radical (unpaired) electrons. The number of sulfonamides is 1. The topological polar surface area (TPSA) is 75.7 Å². The second kappa shape index (κ2) is 9.76. The number of anilines is 1. The lowest BCUT2D eigenvalue weighted by Gasteiger charge is -2.20. The number of nitrogens with zero attached hydrogens (tertiary/aromatic N) is 1. The number of hydrogen-bond acceptors (Lipinski definition) is 4. The number of carbonyl (C=O) groups excluding carboxylic acids is 1. The predicted octanol–water partition coefficient (Wildman–Crippen LogP) is 2.05. The number of rotatable bonds is 10. The van der Waals surface area contributed by atoms with Crippen molar-refractivity contribution < 1.29 is 17.9 Å². The van der Waals surface area contributed by atoms with Gasteiger partial charge < -0.3 is 10.1 Å². The summed E-state index contributed by atoms with van der Waals surface area (Å²) in [7, 11) is -1.89. The van der Waals surface area contributed by atoms with Crippen LogP contribution in [0.5, 0.6) is 0 Å². The minimum atomic E-state index is -3.45. The summed E-state index contributed by atoms with van der Waals surface area (Å²) in [6.07, 6.45) is 3.26. The number of hydrogen-bond donors (Lipinski definition) is 1. The maximum absolute atomic E-state index is 12.4. The number of methoxy groups -OCH3 is 1. The molecular formula is C17H28N2O4S. The third kappa shape index (κ3) is 6.22. The van der Waals surface area contributed by atoms with Crippen molar-refractivity contribution in [1.29, 1.82) is 0 Å². The molecule has 0 saturated carbocycles. The molecule has 0 spiro atoms. The molecule has 0 atom stereocenters. The quantitative estimate of drug-likeness (QED) is 0.651. The van der Waals surface area contributed by atoms with Crippen LogP contribution >= 0.6 is 0 Å². The molecule has 0 heterocycles. The van der Waals surface area contributed by atoms with E-state index in [9.17, 15) is 13.2 Å². The van der Waals surface area contributed by atoms with Crippen LogP contribution in [0.3, 0.4) is 0 Å². The average Bonchev–Trinajstić information content (AvgIpc) is 2.53. The van der Waals surface area contributed by atoms with Crippen molar-refractivity contribution in [2.45, 2.75) is 33.1 Å². The molecule has 0 aliphatic heterocycles. The molecule has 7 heteroatoms. The Morgan fingerprint density at radius 1 is 1.21 bits per heavy atom. The van der Waals surface area contributed by atoms with E-state index in [1.165, 1.54) is 4.31 Å². The zero-order chi connectivity index (χ0) is 18.2. The van der Waals surface area contributed by atoms with Crippen molar-refractivity contribution in [3.8, 4) is 0 Å². The highest BCUT2D eigenvalue weighted by Gasteiger charge is 2.20. The van der Waals surface area contributed by atoms with Gasteiger partial charge in [0.2, 0.25) is 15.9 Å². The Kier molecular flexibility index (Phi) is 8.38. The molecule has 24 heavy (non-hydrogen) atoms. The van der Waals surface area contributed by atoms with E-state index in [-0.39, 0.29) is 19.0 Å². The summed E-state index contributed by atoms with van der Waals surface area (Å²) < 4.78 is 29.9. The van der Waals surface area contributed by atoms with Crippen LogP contribution in [-0.4, -0.2) is 51.7 Å². The maximum Gasteiger partial charge on any atom is 0.239 e. The molecule has 1 rings (SSSR count). The summed E-state index contributed by atoms with van der Waals surface area (Å²) in [4.78, 5) is 12.4. The average molecular weight is 356 g/mol. The van der Waals surface area contributed by atoms with Crippen LogP contribution in [0.15, 0.2) is 18.2 Å². The van der Waals surface area contributed by atoms with Gasteiger partial charge in [-0.05, 0) is 30.4 Å². The SMILES string of the molecule is CCc1cccc(CC)c1NC(=O)CN(CCCOC)S(C)(=O)=O. The number of amides is 1. The highest BCUT2D eigenvalue weighted by Crippen LogP contribution is 2.22.